The van der Waals surface area contributed by atoms with Gasteiger partial charge < -0.3 is 4.90 Å². The lowest BCUT2D eigenvalue weighted by atomic mass is 10.1. The third-order valence-corrected chi connectivity index (χ3v) is 3.09. The molecule has 2 rings (SSSR count). The molecule has 1 saturated heterocycles. The van der Waals surface area contributed by atoms with Crippen LogP contribution in [-0.4, -0.2) is 46.3 Å². The number of carbonyl (C=O) groups is 1. The maximum absolute atomic E-state index is 12.1. The van der Waals surface area contributed by atoms with Crippen LogP contribution in [0, 0.1) is 0 Å². The van der Waals surface area contributed by atoms with Crippen LogP contribution in [0.15, 0.2) is 12.4 Å². The number of amides is 1. The Bertz CT molecular complexity index is 473. The van der Waals surface area contributed by atoms with Crippen molar-refractivity contribution in [2.24, 2.45) is 0 Å². The van der Waals surface area contributed by atoms with Crippen molar-refractivity contribution >= 4 is 17.5 Å². The van der Waals surface area contributed by atoms with Gasteiger partial charge in [0, 0.05) is 25.5 Å². The summed E-state index contributed by atoms with van der Waals surface area (Å²) in [5, 5.41) is 0.0267. The highest BCUT2D eigenvalue weighted by Crippen LogP contribution is 2.24. The van der Waals surface area contributed by atoms with Crippen LogP contribution in [0.4, 0.5) is 13.2 Å². The largest absolute Gasteiger partial charge is 0.522 e. The van der Waals surface area contributed by atoms with Gasteiger partial charge in [0.1, 0.15) is 0 Å². The standard InChI is InChI=1S/C11H11ClF3N3O2/c12-10-16-5-7(6-17-10)9(19)18-3-1-8(2-4-18)20-11(13,14)15/h5-6,8H,1-4H2. The molecule has 2 heterocycles. The van der Waals surface area contributed by atoms with Crippen molar-refractivity contribution in [3.63, 3.8) is 0 Å². The number of piperidine rings is 1. The van der Waals surface area contributed by atoms with Crippen LogP contribution in [0.5, 0.6) is 0 Å². The van der Waals surface area contributed by atoms with Gasteiger partial charge in [-0.1, -0.05) is 0 Å². The summed E-state index contributed by atoms with van der Waals surface area (Å²) >= 11 is 5.51. The third kappa shape index (κ3) is 4.04. The number of hydrogen-bond donors (Lipinski definition) is 0. The van der Waals surface area contributed by atoms with E-state index in [2.05, 4.69) is 14.7 Å². The zero-order valence-corrected chi connectivity index (χ0v) is 11.0. The van der Waals surface area contributed by atoms with Crippen molar-refractivity contribution in [3.05, 3.63) is 23.2 Å². The minimum Gasteiger partial charge on any atom is -0.338 e. The molecule has 110 valence electrons. The monoisotopic (exact) mass is 309 g/mol. The first kappa shape index (κ1) is 15.0. The number of carbonyl (C=O) groups excluding carboxylic acids is 1. The number of hydrogen-bond acceptors (Lipinski definition) is 4. The number of rotatable bonds is 2. The van der Waals surface area contributed by atoms with Gasteiger partial charge in [0.25, 0.3) is 5.91 Å². The highest BCUT2D eigenvalue weighted by atomic mass is 35.5. The predicted octanol–water partition coefficient (Wildman–Crippen LogP) is 2.27. The lowest BCUT2D eigenvalue weighted by Crippen LogP contribution is -2.42. The summed E-state index contributed by atoms with van der Waals surface area (Å²) in [6.07, 6.45) is -2.69. The van der Waals surface area contributed by atoms with Crippen molar-refractivity contribution < 1.29 is 22.7 Å². The van der Waals surface area contributed by atoms with Gasteiger partial charge in [-0.2, -0.15) is 0 Å². The maximum atomic E-state index is 12.1. The number of aromatic nitrogens is 2. The van der Waals surface area contributed by atoms with E-state index >= 15 is 0 Å². The van der Waals surface area contributed by atoms with Crippen LogP contribution in [0.2, 0.25) is 5.28 Å². The Kier molecular flexibility index (Phi) is 4.44. The Labute approximate surface area is 117 Å². The molecule has 0 aliphatic carbocycles. The fraction of sp³-hybridized carbons (Fsp3) is 0.545. The molecule has 1 aliphatic rings. The Morgan fingerprint density at radius 1 is 1.30 bits per heavy atom. The van der Waals surface area contributed by atoms with Crippen LogP contribution in [0.1, 0.15) is 23.2 Å². The zero-order chi connectivity index (χ0) is 14.8. The number of alkyl halides is 3. The molecule has 20 heavy (non-hydrogen) atoms. The van der Waals surface area contributed by atoms with Crippen molar-refractivity contribution in [1.29, 1.82) is 0 Å². The van der Waals surface area contributed by atoms with Gasteiger partial charge in [-0.25, -0.2) is 9.97 Å². The Balaban J connectivity index is 1.90. The molecule has 1 aliphatic heterocycles. The van der Waals surface area contributed by atoms with Gasteiger partial charge >= 0.3 is 6.36 Å². The summed E-state index contributed by atoms with van der Waals surface area (Å²) in [5.74, 6) is -0.327. The van der Waals surface area contributed by atoms with E-state index in [0.29, 0.717) is 0 Å². The predicted molar refractivity (Wildman–Crippen MR) is 63.1 cm³/mol. The number of likely N-dealkylation sites (tertiary alicyclic amines) is 1. The molecule has 0 atom stereocenters. The summed E-state index contributed by atoms with van der Waals surface area (Å²) in [7, 11) is 0. The lowest BCUT2D eigenvalue weighted by Gasteiger charge is -2.32. The average molecular weight is 310 g/mol. The minimum absolute atomic E-state index is 0.0267. The third-order valence-electron chi connectivity index (χ3n) is 2.90. The maximum Gasteiger partial charge on any atom is 0.522 e. The second-order valence-corrected chi connectivity index (χ2v) is 4.63. The van der Waals surface area contributed by atoms with E-state index in [1.807, 2.05) is 0 Å². The first-order valence-electron chi connectivity index (χ1n) is 5.86. The first-order chi connectivity index (χ1) is 9.35. The zero-order valence-electron chi connectivity index (χ0n) is 10.2. The molecule has 1 aromatic heterocycles. The Hall–Kier alpha value is -1.41. The SMILES string of the molecule is O=C(c1cnc(Cl)nc1)N1CCC(OC(F)(F)F)CC1. The molecule has 0 spiro atoms. The average Bonchev–Trinajstić information content (AvgIpc) is 2.38. The van der Waals surface area contributed by atoms with Gasteiger partial charge in [-0.15, -0.1) is 13.2 Å². The van der Waals surface area contributed by atoms with E-state index in [0.717, 1.165) is 0 Å². The van der Waals surface area contributed by atoms with Crippen molar-refractivity contribution in [2.45, 2.75) is 25.3 Å². The van der Waals surface area contributed by atoms with Crippen LogP contribution in [0.25, 0.3) is 0 Å². The fourth-order valence-electron chi connectivity index (χ4n) is 1.97. The van der Waals surface area contributed by atoms with Crippen LogP contribution >= 0.6 is 11.6 Å². The molecule has 1 aromatic rings. The molecule has 0 N–H and O–H groups in total. The minimum atomic E-state index is -4.64. The van der Waals surface area contributed by atoms with Gasteiger partial charge in [0.2, 0.25) is 5.28 Å². The Morgan fingerprint density at radius 2 is 1.85 bits per heavy atom. The topological polar surface area (TPSA) is 55.3 Å². The smallest absolute Gasteiger partial charge is 0.338 e. The quantitative estimate of drug-likeness (QED) is 0.786. The molecule has 1 amide bonds. The summed E-state index contributed by atoms with van der Waals surface area (Å²) < 4.78 is 40.1. The summed E-state index contributed by atoms with van der Waals surface area (Å²) in [6, 6.07) is 0. The van der Waals surface area contributed by atoms with E-state index in [1.165, 1.54) is 17.3 Å². The molecule has 0 saturated carbocycles. The summed E-state index contributed by atoms with van der Waals surface area (Å²) in [4.78, 5) is 20.9. The van der Waals surface area contributed by atoms with E-state index in [4.69, 9.17) is 11.6 Å². The summed E-state index contributed by atoms with van der Waals surface area (Å²) in [6.45, 7) is 0.393. The molecule has 0 unspecified atom stereocenters. The second kappa shape index (κ2) is 5.92. The van der Waals surface area contributed by atoms with Gasteiger partial charge in [-0.3, -0.25) is 9.53 Å². The molecular weight excluding hydrogens is 299 g/mol. The first-order valence-corrected chi connectivity index (χ1v) is 6.24. The molecule has 9 heteroatoms. The van der Waals surface area contributed by atoms with Crippen LogP contribution in [-0.2, 0) is 4.74 Å². The summed E-state index contributed by atoms with van der Waals surface area (Å²) in [5.41, 5.74) is 0.254. The van der Waals surface area contributed by atoms with Crippen molar-refractivity contribution in [2.75, 3.05) is 13.1 Å². The highest BCUT2D eigenvalue weighted by Gasteiger charge is 2.35. The van der Waals surface area contributed by atoms with E-state index in [-0.39, 0.29) is 42.7 Å². The van der Waals surface area contributed by atoms with Crippen molar-refractivity contribution in [1.82, 2.24) is 14.9 Å². The Morgan fingerprint density at radius 3 is 2.35 bits per heavy atom. The molecule has 5 nitrogen and oxygen atoms in total. The number of ether oxygens (including phenoxy) is 1. The number of nitrogens with zero attached hydrogens (tertiary/aromatic N) is 3. The van der Waals surface area contributed by atoms with Gasteiger partial charge in [0.15, 0.2) is 0 Å². The lowest BCUT2D eigenvalue weighted by molar-refractivity contribution is -0.345. The van der Waals surface area contributed by atoms with E-state index in [1.54, 1.807) is 0 Å². The van der Waals surface area contributed by atoms with E-state index < -0.39 is 12.5 Å². The molecule has 1 fully saturated rings. The molecule has 0 aromatic carbocycles. The van der Waals surface area contributed by atoms with Gasteiger partial charge in [0.05, 0.1) is 11.7 Å². The normalized spacial score (nSPS) is 17.3. The molecule has 0 radical (unpaired) electrons. The van der Waals surface area contributed by atoms with Crippen LogP contribution < -0.4 is 0 Å². The number of halogens is 4. The van der Waals surface area contributed by atoms with Crippen LogP contribution in [0.3, 0.4) is 0 Å². The second-order valence-electron chi connectivity index (χ2n) is 4.30. The molecular formula is C11H11ClF3N3O2. The van der Waals surface area contributed by atoms with Gasteiger partial charge in [-0.05, 0) is 24.4 Å². The fourth-order valence-corrected chi connectivity index (χ4v) is 2.07. The highest BCUT2D eigenvalue weighted by molar-refractivity contribution is 6.28. The van der Waals surface area contributed by atoms with E-state index in [9.17, 15) is 18.0 Å². The molecule has 0 bridgehead atoms. The van der Waals surface area contributed by atoms with Crippen molar-refractivity contribution in [3.8, 4) is 0 Å².